The number of aliphatic hydroxyl groups excluding tert-OH is 1. The molecule has 0 unspecified atom stereocenters. The Labute approximate surface area is 179 Å². The third-order valence-electron chi connectivity index (χ3n) is 6.45. The van der Waals surface area contributed by atoms with Gasteiger partial charge in [0.05, 0.1) is 11.8 Å². The first kappa shape index (κ1) is 18.4. The van der Waals surface area contributed by atoms with E-state index in [1.165, 1.54) is 0 Å². The molecule has 1 aromatic heterocycles. The third-order valence-corrected chi connectivity index (χ3v) is 6.45. The number of aliphatic hydroxyl groups is 1. The van der Waals surface area contributed by atoms with Crippen molar-refractivity contribution in [2.75, 3.05) is 24.8 Å². The van der Waals surface area contributed by atoms with E-state index in [-0.39, 0.29) is 12.9 Å². The number of nitrogens with zero attached hydrogens (tertiary/aromatic N) is 5. The second-order valence-electron chi connectivity index (χ2n) is 8.36. The Morgan fingerprint density at radius 1 is 0.968 bits per heavy atom. The van der Waals surface area contributed by atoms with Crippen LogP contribution in [0.3, 0.4) is 0 Å². The highest BCUT2D eigenvalue weighted by Gasteiger charge is 2.44. The molecule has 6 rings (SSSR count). The van der Waals surface area contributed by atoms with Crippen LogP contribution in [0, 0.1) is 11.8 Å². The number of aromatic nitrogens is 4. The maximum Gasteiger partial charge on any atom is 0.250 e. The van der Waals surface area contributed by atoms with Crippen molar-refractivity contribution in [3.63, 3.8) is 0 Å². The van der Waals surface area contributed by atoms with Gasteiger partial charge in [-0.15, -0.1) is 0 Å². The minimum atomic E-state index is -0.517. The van der Waals surface area contributed by atoms with Gasteiger partial charge in [-0.05, 0) is 59.4 Å². The van der Waals surface area contributed by atoms with Crippen LogP contribution >= 0.6 is 0 Å². The van der Waals surface area contributed by atoms with Crippen molar-refractivity contribution in [3.8, 4) is 22.9 Å². The Hall–Kier alpha value is -3.33. The van der Waals surface area contributed by atoms with Gasteiger partial charge in [0, 0.05) is 19.2 Å². The van der Waals surface area contributed by atoms with Gasteiger partial charge in [-0.3, -0.25) is 0 Å². The molecule has 160 valence electrons. The SMILES string of the molecule is O[C@@H]1C[C@H]2CN(c3nnnn3-c3ccccc3)C[C@H]2C[C@H]1Oc1ccc2c(c1)OCO2. The molecule has 1 saturated carbocycles. The Morgan fingerprint density at radius 2 is 1.77 bits per heavy atom. The quantitative estimate of drug-likeness (QED) is 0.684. The molecule has 1 aliphatic carbocycles. The van der Waals surface area contributed by atoms with Gasteiger partial charge in [-0.2, -0.15) is 4.68 Å². The predicted molar refractivity (Wildman–Crippen MR) is 111 cm³/mol. The largest absolute Gasteiger partial charge is 0.488 e. The summed E-state index contributed by atoms with van der Waals surface area (Å²) in [7, 11) is 0. The van der Waals surface area contributed by atoms with Crippen LogP contribution in [0.5, 0.6) is 17.2 Å². The van der Waals surface area contributed by atoms with Crippen molar-refractivity contribution in [2.24, 2.45) is 11.8 Å². The van der Waals surface area contributed by atoms with Crippen LogP contribution < -0.4 is 19.1 Å². The zero-order valence-electron chi connectivity index (χ0n) is 16.9. The average molecular weight is 421 g/mol. The van der Waals surface area contributed by atoms with Crippen LogP contribution in [0.1, 0.15) is 12.8 Å². The summed E-state index contributed by atoms with van der Waals surface area (Å²) >= 11 is 0. The van der Waals surface area contributed by atoms with Crippen LogP contribution in [-0.2, 0) is 0 Å². The van der Waals surface area contributed by atoms with Gasteiger partial charge in [0.15, 0.2) is 11.5 Å². The molecule has 3 heterocycles. The van der Waals surface area contributed by atoms with Gasteiger partial charge in [-0.1, -0.05) is 23.3 Å². The van der Waals surface area contributed by atoms with E-state index in [2.05, 4.69) is 20.4 Å². The smallest absolute Gasteiger partial charge is 0.250 e. The number of benzene rings is 2. The minimum absolute atomic E-state index is 0.229. The molecule has 0 bridgehead atoms. The van der Waals surface area contributed by atoms with Crippen LogP contribution in [0.4, 0.5) is 5.95 Å². The maximum absolute atomic E-state index is 10.8. The van der Waals surface area contributed by atoms with Crippen LogP contribution in [0.15, 0.2) is 48.5 Å². The van der Waals surface area contributed by atoms with E-state index in [9.17, 15) is 5.11 Å². The highest BCUT2D eigenvalue weighted by Crippen LogP contribution is 2.41. The van der Waals surface area contributed by atoms with E-state index < -0.39 is 6.10 Å². The summed E-state index contributed by atoms with van der Waals surface area (Å²) in [4.78, 5) is 2.22. The Bertz CT molecular complexity index is 1070. The summed E-state index contributed by atoms with van der Waals surface area (Å²) in [6, 6.07) is 15.4. The van der Waals surface area contributed by atoms with E-state index in [1.807, 2.05) is 48.5 Å². The summed E-state index contributed by atoms with van der Waals surface area (Å²) in [6.45, 7) is 1.89. The summed E-state index contributed by atoms with van der Waals surface area (Å²) in [6.07, 6.45) is 0.705. The standard InChI is InChI=1S/C22H23N5O4/c28-18-8-14-11-26(22-23-24-25-27(22)16-4-2-1-3-5-16)12-15(14)9-20(18)31-17-6-7-19-21(10-17)30-13-29-19/h1-7,10,14-15,18,20,28H,8-9,11-13H2/t14-,15+,18+,20+/m0/s1. The van der Waals surface area contributed by atoms with E-state index >= 15 is 0 Å². The lowest BCUT2D eigenvalue weighted by Gasteiger charge is -2.35. The van der Waals surface area contributed by atoms with Gasteiger partial charge >= 0.3 is 0 Å². The molecule has 3 aromatic rings. The molecule has 2 aromatic carbocycles. The molecule has 9 heteroatoms. The number of hydrogen-bond donors (Lipinski definition) is 1. The lowest BCUT2D eigenvalue weighted by Crippen LogP contribution is -2.42. The molecule has 9 nitrogen and oxygen atoms in total. The zero-order valence-corrected chi connectivity index (χ0v) is 16.9. The first-order valence-corrected chi connectivity index (χ1v) is 10.6. The molecule has 2 aliphatic heterocycles. The van der Waals surface area contributed by atoms with E-state index in [0.29, 0.717) is 29.8 Å². The maximum atomic E-state index is 10.8. The molecular weight excluding hydrogens is 398 g/mol. The van der Waals surface area contributed by atoms with Crippen molar-refractivity contribution < 1.29 is 19.3 Å². The Morgan fingerprint density at radius 3 is 2.65 bits per heavy atom. The summed E-state index contributed by atoms with van der Waals surface area (Å²) in [5.41, 5.74) is 0.932. The topological polar surface area (TPSA) is 94.8 Å². The molecular formula is C22H23N5O4. The highest BCUT2D eigenvalue weighted by molar-refractivity contribution is 5.47. The molecule has 1 saturated heterocycles. The van der Waals surface area contributed by atoms with Crippen LogP contribution in [-0.4, -0.2) is 57.4 Å². The number of para-hydroxylation sites is 1. The molecule has 0 radical (unpaired) electrons. The third kappa shape index (κ3) is 3.34. The molecule has 0 spiro atoms. The molecule has 2 fully saturated rings. The highest BCUT2D eigenvalue weighted by atomic mass is 16.7. The number of ether oxygens (including phenoxy) is 3. The average Bonchev–Trinajstić information content (AvgIpc) is 3.53. The lowest BCUT2D eigenvalue weighted by molar-refractivity contribution is -0.0232. The number of anilines is 1. The van der Waals surface area contributed by atoms with E-state index in [4.69, 9.17) is 14.2 Å². The van der Waals surface area contributed by atoms with Gasteiger partial charge in [0.1, 0.15) is 11.9 Å². The van der Waals surface area contributed by atoms with Gasteiger partial charge in [0.25, 0.3) is 0 Å². The van der Waals surface area contributed by atoms with Crippen molar-refractivity contribution in [3.05, 3.63) is 48.5 Å². The monoisotopic (exact) mass is 421 g/mol. The summed E-state index contributed by atoms with van der Waals surface area (Å²) < 4.78 is 18.7. The second-order valence-corrected chi connectivity index (χ2v) is 8.36. The fourth-order valence-corrected chi connectivity index (χ4v) is 4.92. The fourth-order valence-electron chi connectivity index (χ4n) is 4.92. The first-order chi connectivity index (χ1) is 15.2. The first-order valence-electron chi connectivity index (χ1n) is 10.6. The number of hydrogen-bond acceptors (Lipinski definition) is 8. The Balaban J connectivity index is 1.17. The number of rotatable bonds is 4. The zero-order chi connectivity index (χ0) is 20.8. The number of fused-ring (bicyclic) bond motifs is 2. The lowest BCUT2D eigenvalue weighted by atomic mass is 9.78. The predicted octanol–water partition coefficient (Wildman–Crippen LogP) is 2.05. The summed E-state index contributed by atoms with van der Waals surface area (Å²) in [5, 5.41) is 23.1. The normalized spacial score (nSPS) is 26.7. The molecule has 3 aliphatic rings. The van der Waals surface area contributed by atoms with Gasteiger partial charge in [-0.25, -0.2) is 0 Å². The molecule has 1 N–H and O–H groups in total. The number of tetrazole rings is 1. The van der Waals surface area contributed by atoms with Crippen molar-refractivity contribution in [1.82, 2.24) is 20.2 Å². The van der Waals surface area contributed by atoms with Gasteiger partial charge in [0.2, 0.25) is 12.7 Å². The van der Waals surface area contributed by atoms with E-state index in [0.717, 1.165) is 36.9 Å². The summed E-state index contributed by atoms with van der Waals surface area (Å²) in [5.74, 6) is 3.62. The van der Waals surface area contributed by atoms with Crippen LogP contribution in [0.2, 0.25) is 0 Å². The van der Waals surface area contributed by atoms with Gasteiger partial charge < -0.3 is 24.2 Å². The van der Waals surface area contributed by atoms with Crippen molar-refractivity contribution in [2.45, 2.75) is 25.0 Å². The second kappa shape index (κ2) is 7.42. The van der Waals surface area contributed by atoms with Crippen LogP contribution in [0.25, 0.3) is 5.69 Å². The van der Waals surface area contributed by atoms with E-state index in [1.54, 1.807) is 4.68 Å². The molecule has 4 atom stereocenters. The minimum Gasteiger partial charge on any atom is -0.488 e. The Kier molecular flexibility index (Phi) is 4.41. The molecule has 0 amide bonds. The van der Waals surface area contributed by atoms with Crippen molar-refractivity contribution >= 4 is 5.95 Å². The van der Waals surface area contributed by atoms with Crippen molar-refractivity contribution in [1.29, 1.82) is 0 Å². The fraction of sp³-hybridized carbons (Fsp3) is 0.409. The molecule has 31 heavy (non-hydrogen) atoms.